The Kier molecular flexibility index (Phi) is 12.0. The van der Waals surface area contributed by atoms with E-state index in [1.165, 1.54) is 90.5 Å². The zero-order valence-corrected chi connectivity index (χ0v) is 17.5. The number of unbranched alkanes of at least 4 members (excludes halogenated alkanes) is 1. The van der Waals surface area contributed by atoms with Gasteiger partial charge in [-0.3, -0.25) is 0 Å². The molecule has 0 aromatic heterocycles. The van der Waals surface area contributed by atoms with Crippen LogP contribution in [-0.4, -0.2) is 49.6 Å². The van der Waals surface area contributed by atoms with Crippen LogP contribution in [0.4, 0.5) is 0 Å². The van der Waals surface area contributed by atoms with Gasteiger partial charge >= 0.3 is 0 Å². The Hall–Kier alpha value is -0.0800. The summed E-state index contributed by atoms with van der Waals surface area (Å²) in [7, 11) is 2.33. The Morgan fingerprint density at radius 3 is 2.17 bits per heavy atom. The van der Waals surface area contributed by atoms with Gasteiger partial charge in [-0.2, -0.15) is 0 Å². The van der Waals surface area contributed by atoms with E-state index in [2.05, 4.69) is 44.5 Å². The summed E-state index contributed by atoms with van der Waals surface area (Å²) in [6.07, 6.45) is 12.6. The Balaban J connectivity index is 2.07. The zero-order chi connectivity index (χ0) is 17.8. The van der Waals surface area contributed by atoms with Crippen molar-refractivity contribution in [3.05, 3.63) is 0 Å². The SMILES string of the molecule is CCCC(C)CCCCN1CCC(CN(C)CC(C)CCC)CC1. The van der Waals surface area contributed by atoms with Gasteiger partial charge in [0, 0.05) is 13.1 Å². The fraction of sp³-hybridized carbons (Fsp3) is 1.00. The van der Waals surface area contributed by atoms with E-state index in [0.29, 0.717) is 0 Å². The van der Waals surface area contributed by atoms with E-state index in [9.17, 15) is 0 Å². The molecule has 1 heterocycles. The molecule has 2 heteroatoms. The van der Waals surface area contributed by atoms with E-state index in [0.717, 1.165) is 17.8 Å². The van der Waals surface area contributed by atoms with Crippen LogP contribution in [0.5, 0.6) is 0 Å². The average molecular weight is 339 g/mol. The summed E-state index contributed by atoms with van der Waals surface area (Å²) in [6.45, 7) is 16.1. The third kappa shape index (κ3) is 10.0. The van der Waals surface area contributed by atoms with Crippen molar-refractivity contribution in [1.82, 2.24) is 9.80 Å². The van der Waals surface area contributed by atoms with E-state index in [1.807, 2.05) is 0 Å². The summed E-state index contributed by atoms with van der Waals surface area (Å²) in [5, 5.41) is 0. The maximum Gasteiger partial charge on any atom is 0.000767 e. The smallest absolute Gasteiger partial charge is 0.000767 e. The highest BCUT2D eigenvalue weighted by molar-refractivity contribution is 4.75. The van der Waals surface area contributed by atoms with Crippen LogP contribution in [0.2, 0.25) is 0 Å². The Morgan fingerprint density at radius 2 is 1.54 bits per heavy atom. The van der Waals surface area contributed by atoms with Gasteiger partial charge in [-0.1, -0.05) is 59.8 Å². The van der Waals surface area contributed by atoms with Gasteiger partial charge in [-0.15, -0.1) is 0 Å². The maximum absolute atomic E-state index is 2.72. The number of piperidine rings is 1. The molecular weight excluding hydrogens is 292 g/mol. The first-order chi connectivity index (χ1) is 11.5. The third-order valence-electron chi connectivity index (χ3n) is 5.88. The molecule has 0 spiro atoms. The van der Waals surface area contributed by atoms with Gasteiger partial charge in [-0.05, 0) is 70.1 Å². The summed E-state index contributed by atoms with van der Waals surface area (Å²) in [5.41, 5.74) is 0. The summed E-state index contributed by atoms with van der Waals surface area (Å²) in [5.74, 6) is 2.73. The highest BCUT2D eigenvalue weighted by atomic mass is 15.1. The fourth-order valence-corrected chi connectivity index (χ4v) is 4.49. The number of nitrogens with zero attached hydrogens (tertiary/aromatic N) is 2. The molecule has 0 bridgehead atoms. The number of likely N-dealkylation sites (tertiary alicyclic amines) is 1. The summed E-state index contributed by atoms with van der Waals surface area (Å²) < 4.78 is 0. The summed E-state index contributed by atoms with van der Waals surface area (Å²) in [4.78, 5) is 5.32. The normalized spacial score (nSPS) is 19.8. The lowest BCUT2D eigenvalue weighted by Crippen LogP contribution is -2.39. The van der Waals surface area contributed by atoms with Crippen molar-refractivity contribution in [1.29, 1.82) is 0 Å². The molecule has 1 aliphatic heterocycles. The summed E-state index contributed by atoms with van der Waals surface area (Å²) >= 11 is 0. The van der Waals surface area contributed by atoms with Crippen molar-refractivity contribution in [3.8, 4) is 0 Å². The van der Waals surface area contributed by atoms with Crippen LogP contribution in [0.15, 0.2) is 0 Å². The van der Waals surface area contributed by atoms with Gasteiger partial charge in [0.05, 0.1) is 0 Å². The minimum Gasteiger partial charge on any atom is -0.306 e. The predicted molar refractivity (Wildman–Crippen MR) is 109 cm³/mol. The van der Waals surface area contributed by atoms with Gasteiger partial charge in [0.1, 0.15) is 0 Å². The lowest BCUT2D eigenvalue weighted by Gasteiger charge is -2.34. The van der Waals surface area contributed by atoms with Crippen LogP contribution in [0.25, 0.3) is 0 Å². The van der Waals surface area contributed by atoms with Crippen LogP contribution in [0, 0.1) is 17.8 Å². The van der Waals surface area contributed by atoms with E-state index in [1.54, 1.807) is 0 Å². The molecule has 24 heavy (non-hydrogen) atoms. The third-order valence-corrected chi connectivity index (χ3v) is 5.88. The molecule has 1 rings (SSSR count). The zero-order valence-electron chi connectivity index (χ0n) is 17.5. The molecule has 144 valence electrons. The molecule has 0 aliphatic carbocycles. The van der Waals surface area contributed by atoms with Gasteiger partial charge in [0.15, 0.2) is 0 Å². The molecular formula is C22H46N2. The minimum absolute atomic E-state index is 0.857. The highest BCUT2D eigenvalue weighted by Crippen LogP contribution is 2.20. The molecule has 1 saturated heterocycles. The van der Waals surface area contributed by atoms with E-state index in [4.69, 9.17) is 0 Å². The van der Waals surface area contributed by atoms with Gasteiger partial charge in [0.25, 0.3) is 0 Å². The van der Waals surface area contributed by atoms with Crippen LogP contribution in [0.3, 0.4) is 0 Å². The summed E-state index contributed by atoms with van der Waals surface area (Å²) in [6, 6.07) is 0. The Labute approximate surface area is 153 Å². The Bertz CT molecular complexity index is 284. The molecule has 2 atom stereocenters. The lowest BCUT2D eigenvalue weighted by molar-refractivity contribution is 0.145. The Morgan fingerprint density at radius 1 is 0.917 bits per heavy atom. The fourth-order valence-electron chi connectivity index (χ4n) is 4.49. The van der Waals surface area contributed by atoms with Gasteiger partial charge < -0.3 is 9.80 Å². The molecule has 2 unspecified atom stereocenters. The van der Waals surface area contributed by atoms with E-state index < -0.39 is 0 Å². The van der Waals surface area contributed by atoms with Crippen molar-refractivity contribution >= 4 is 0 Å². The number of rotatable bonds is 13. The quantitative estimate of drug-likeness (QED) is 0.399. The van der Waals surface area contributed by atoms with Crippen LogP contribution >= 0.6 is 0 Å². The topological polar surface area (TPSA) is 6.48 Å². The van der Waals surface area contributed by atoms with Crippen LogP contribution < -0.4 is 0 Å². The second-order valence-corrected chi connectivity index (χ2v) is 8.79. The second kappa shape index (κ2) is 13.2. The van der Waals surface area contributed by atoms with Gasteiger partial charge in [0.2, 0.25) is 0 Å². The van der Waals surface area contributed by atoms with Crippen molar-refractivity contribution in [2.45, 2.75) is 85.5 Å². The molecule has 1 aliphatic rings. The molecule has 0 amide bonds. The predicted octanol–water partition coefficient (Wildman–Crippen LogP) is 5.67. The van der Waals surface area contributed by atoms with Crippen molar-refractivity contribution in [2.75, 3.05) is 39.8 Å². The molecule has 0 aromatic rings. The maximum atomic E-state index is 2.72. The molecule has 0 N–H and O–H groups in total. The van der Waals surface area contributed by atoms with Gasteiger partial charge in [-0.25, -0.2) is 0 Å². The van der Waals surface area contributed by atoms with Crippen molar-refractivity contribution in [3.63, 3.8) is 0 Å². The lowest BCUT2D eigenvalue weighted by atomic mass is 9.95. The largest absolute Gasteiger partial charge is 0.306 e. The van der Waals surface area contributed by atoms with Crippen LogP contribution in [0.1, 0.15) is 85.5 Å². The molecule has 0 radical (unpaired) electrons. The van der Waals surface area contributed by atoms with Crippen LogP contribution in [-0.2, 0) is 0 Å². The number of hydrogen-bond acceptors (Lipinski definition) is 2. The first-order valence-corrected chi connectivity index (χ1v) is 11.0. The monoisotopic (exact) mass is 338 g/mol. The molecule has 1 fully saturated rings. The average Bonchev–Trinajstić information content (AvgIpc) is 2.53. The van der Waals surface area contributed by atoms with E-state index >= 15 is 0 Å². The van der Waals surface area contributed by atoms with Crippen molar-refractivity contribution < 1.29 is 0 Å². The van der Waals surface area contributed by atoms with Crippen molar-refractivity contribution in [2.24, 2.45) is 17.8 Å². The first kappa shape index (κ1) is 22.0. The highest BCUT2D eigenvalue weighted by Gasteiger charge is 2.20. The molecule has 2 nitrogen and oxygen atoms in total. The van der Waals surface area contributed by atoms with E-state index in [-0.39, 0.29) is 0 Å². The second-order valence-electron chi connectivity index (χ2n) is 8.79. The number of hydrogen-bond donors (Lipinski definition) is 0. The molecule has 0 saturated carbocycles. The first-order valence-electron chi connectivity index (χ1n) is 11.0. The minimum atomic E-state index is 0.857. The molecule has 0 aromatic carbocycles. The standard InChI is InChI=1S/C22H46N2/c1-6-10-20(3)12-8-9-15-24-16-13-22(14-17-24)19-23(5)18-21(4)11-7-2/h20-22H,6-19H2,1-5H3.